The number of aromatic nitrogens is 3. The van der Waals surface area contributed by atoms with Crippen LogP contribution in [0.15, 0.2) is 48.7 Å². The fourth-order valence-corrected chi connectivity index (χ4v) is 5.04. The molecule has 0 saturated carbocycles. The first-order chi connectivity index (χ1) is 20.4. The Morgan fingerprint density at radius 3 is 2.95 bits per heavy atom. The van der Waals surface area contributed by atoms with Gasteiger partial charge >= 0.3 is 12.2 Å². The average molecular weight is 576 g/mol. The van der Waals surface area contributed by atoms with E-state index >= 15 is 0 Å². The highest BCUT2D eigenvalue weighted by Gasteiger charge is 2.33. The van der Waals surface area contributed by atoms with Crippen LogP contribution in [0.1, 0.15) is 18.4 Å². The number of rotatable bonds is 9. The van der Waals surface area contributed by atoms with Crippen LogP contribution in [-0.4, -0.2) is 88.3 Å². The molecule has 42 heavy (non-hydrogen) atoms. The van der Waals surface area contributed by atoms with Crippen LogP contribution < -0.4 is 25.0 Å². The number of benzene rings is 1. The van der Waals surface area contributed by atoms with Crippen LogP contribution in [0.5, 0.6) is 11.5 Å². The zero-order valence-electron chi connectivity index (χ0n) is 22.6. The van der Waals surface area contributed by atoms with Crippen LogP contribution in [0, 0.1) is 0 Å². The van der Waals surface area contributed by atoms with Crippen molar-refractivity contribution < 1.29 is 33.7 Å². The minimum Gasteiger partial charge on any atom is -0.487 e. The van der Waals surface area contributed by atoms with Gasteiger partial charge in [-0.3, -0.25) is 9.69 Å². The van der Waals surface area contributed by atoms with Gasteiger partial charge in [0.15, 0.2) is 18.2 Å². The lowest BCUT2D eigenvalue weighted by Gasteiger charge is -2.19. The second-order valence-corrected chi connectivity index (χ2v) is 10.2. The molecule has 218 valence electrons. The number of carbonyl (C=O) groups is 3. The number of ether oxygens (including phenoxy) is 3. The predicted octanol–water partition coefficient (Wildman–Crippen LogP) is 2.51. The molecule has 2 fully saturated rings. The van der Waals surface area contributed by atoms with Crippen molar-refractivity contribution in [1.82, 2.24) is 25.4 Å². The van der Waals surface area contributed by atoms with Gasteiger partial charge in [0.1, 0.15) is 23.8 Å². The number of anilines is 2. The number of hydrogen-bond acceptors (Lipinski definition) is 10. The molecule has 3 aromatic rings. The van der Waals surface area contributed by atoms with Gasteiger partial charge < -0.3 is 34.9 Å². The molecule has 5 heterocycles. The van der Waals surface area contributed by atoms with Crippen LogP contribution in [0.25, 0.3) is 11.3 Å². The third-order valence-corrected chi connectivity index (χ3v) is 7.15. The molecule has 0 bridgehead atoms. The van der Waals surface area contributed by atoms with Gasteiger partial charge in [-0.05, 0) is 36.7 Å². The van der Waals surface area contributed by atoms with Crippen molar-refractivity contribution in [2.75, 3.05) is 43.0 Å². The Kier molecular flexibility index (Phi) is 7.68. The Labute approximate surface area is 240 Å². The number of pyridine rings is 1. The fourth-order valence-electron chi connectivity index (χ4n) is 5.04. The number of amides is 3. The van der Waals surface area contributed by atoms with E-state index in [9.17, 15) is 14.4 Å². The van der Waals surface area contributed by atoms with Gasteiger partial charge in [-0.1, -0.05) is 18.2 Å². The van der Waals surface area contributed by atoms with Crippen molar-refractivity contribution in [3.05, 3.63) is 54.2 Å². The summed E-state index contributed by atoms with van der Waals surface area (Å²) < 4.78 is 16.8. The van der Waals surface area contributed by atoms with Gasteiger partial charge in [-0.25, -0.2) is 14.6 Å². The number of carbonyl (C=O) groups excluding carboxylic acids is 2. The highest BCUT2D eigenvalue weighted by molar-refractivity contribution is 5.95. The smallest absolute Gasteiger partial charge is 0.415 e. The standard InChI is InChI=1S/C28H29N7O7/c36-25-16-40-23-4-5-24(31-26(23)32-25)35-15-19(42-28(35)39)6-8-29-12-17-2-1-3-18(10-17)22-11-21(13-30-33-22)41-20-7-9-34(14-20)27(37)38/h1-5,10-11,13,19-20,29H,6-9,12,14-16H2,(H,37,38)(H,31,32,36)/t19-,20-/m0/s1. The molecular formula is C28H29N7O7. The second-order valence-electron chi connectivity index (χ2n) is 10.2. The minimum atomic E-state index is -0.943. The molecule has 1 aromatic carbocycles. The van der Waals surface area contributed by atoms with Crippen LogP contribution in [0.4, 0.5) is 21.2 Å². The van der Waals surface area contributed by atoms with Crippen LogP contribution >= 0.6 is 0 Å². The summed E-state index contributed by atoms with van der Waals surface area (Å²) in [5, 5.41) is 23.5. The minimum absolute atomic E-state index is 0.0631. The molecule has 3 N–H and O–H groups in total. The molecule has 2 atom stereocenters. The number of likely N-dealkylation sites (tertiary alicyclic amines) is 1. The van der Waals surface area contributed by atoms with Crippen LogP contribution in [0.2, 0.25) is 0 Å². The summed E-state index contributed by atoms with van der Waals surface area (Å²) >= 11 is 0. The van der Waals surface area contributed by atoms with Crippen LogP contribution in [0.3, 0.4) is 0 Å². The number of nitrogens with one attached hydrogen (secondary N) is 2. The van der Waals surface area contributed by atoms with E-state index < -0.39 is 12.2 Å². The molecule has 14 heteroatoms. The molecule has 0 unspecified atom stereocenters. The first-order valence-corrected chi connectivity index (χ1v) is 13.6. The van der Waals surface area contributed by atoms with Gasteiger partial charge in [0, 0.05) is 31.1 Å². The second kappa shape index (κ2) is 11.9. The third-order valence-electron chi connectivity index (χ3n) is 7.15. The van der Waals surface area contributed by atoms with E-state index in [0.717, 1.165) is 11.1 Å². The van der Waals surface area contributed by atoms with E-state index in [1.165, 1.54) is 16.0 Å². The highest BCUT2D eigenvalue weighted by atomic mass is 16.6. The number of hydrogen-bond donors (Lipinski definition) is 3. The zero-order valence-corrected chi connectivity index (χ0v) is 22.6. The monoisotopic (exact) mass is 575 g/mol. The van der Waals surface area contributed by atoms with Crippen molar-refractivity contribution in [3.63, 3.8) is 0 Å². The third kappa shape index (κ3) is 6.17. The Morgan fingerprint density at radius 1 is 1.19 bits per heavy atom. The molecule has 3 aliphatic heterocycles. The molecule has 14 nitrogen and oxygen atoms in total. The number of nitrogens with zero attached hydrogens (tertiary/aromatic N) is 5. The summed E-state index contributed by atoms with van der Waals surface area (Å²) in [6, 6.07) is 13.1. The maximum Gasteiger partial charge on any atom is 0.415 e. The molecule has 0 radical (unpaired) electrons. The summed E-state index contributed by atoms with van der Waals surface area (Å²) in [5.74, 6) is 1.39. The lowest BCUT2D eigenvalue weighted by molar-refractivity contribution is -0.118. The van der Waals surface area contributed by atoms with Crippen molar-refractivity contribution in [3.8, 4) is 22.8 Å². The molecule has 2 saturated heterocycles. The Balaban J connectivity index is 0.991. The zero-order chi connectivity index (χ0) is 29.1. The maximum atomic E-state index is 12.5. The summed E-state index contributed by atoms with van der Waals surface area (Å²) in [7, 11) is 0. The quantitative estimate of drug-likeness (QED) is 0.321. The summed E-state index contributed by atoms with van der Waals surface area (Å²) in [5.41, 5.74) is 2.58. The molecule has 0 spiro atoms. The Hall–Kier alpha value is -4.98. The molecule has 6 rings (SSSR count). The van der Waals surface area contributed by atoms with E-state index in [-0.39, 0.29) is 30.5 Å². The highest BCUT2D eigenvalue weighted by Crippen LogP contribution is 2.30. The first kappa shape index (κ1) is 27.2. The Morgan fingerprint density at radius 2 is 2.10 bits per heavy atom. The summed E-state index contributed by atoms with van der Waals surface area (Å²) in [6.45, 7) is 2.28. The van der Waals surface area contributed by atoms with E-state index in [0.29, 0.717) is 68.6 Å². The number of cyclic esters (lactones) is 1. The van der Waals surface area contributed by atoms with E-state index in [2.05, 4.69) is 25.8 Å². The van der Waals surface area contributed by atoms with E-state index in [4.69, 9.17) is 19.3 Å². The molecule has 3 aliphatic rings. The topological polar surface area (TPSA) is 168 Å². The molecule has 2 aromatic heterocycles. The van der Waals surface area contributed by atoms with Gasteiger partial charge in [0.2, 0.25) is 0 Å². The van der Waals surface area contributed by atoms with Crippen LogP contribution in [-0.2, 0) is 16.1 Å². The first-order valence-electron chi connectivity index (χ1n) is 13.6. The Bertz CT molecular complexity index is 1500. The number of fused-ring (bicyclic) bond motifs is 1. The maximum absolute atomic E-state index is 12.5. The number of carboxylic acid groups (broad SMARTS) is 1. The van der Waals surface area contributed by atoms with E-state index in [1.54, 1.807) is 12.1 Å². The molecule has 3 amide bonds. The van der Waals surface area contributed by atoms with Crippen molar-refractivity contribution in [2.24, 2.45) is 0 Å². The van der Waals surface area contributed by atoms with Gasteiger partial charge in [-0.15, -0.1) is 0 Å². The van der Waals surface area contributed by atoms with Crippen molar-refractivity contribution in [2.45, 2.75) is 31.6 Å². The van der Waals surface area contributed by atoms with Gasteiger partial charge in [0.05, 0.1) is 25.0 Å². The molecule has 0 aliphatic carbocycles. The lowest BCUT2D eigenvalue weighted by Crippen LogP contribution is -2.29. The SMILES string of the molecule is O=C1COc2ccc(N3C[C@H](CCNCc4cccc(-c5cc(O[C@H]6CCN(C(=O)O)C6)cnn5)c4)OC3=O)nc2N1. The van der Waals surface area contributed by atoms with Crippen molar-refractivity contribution in [1.29, 1.82) is 0 Å². The summed E-state index contributed by atoms with van der Waals surface area (Å²) in [4.78, 5) is 42.4. The lowest BCUT2D eigenvalue weighted by atomic mass is 10.1. The summed E-state index contributed by atoms with van der Waals surface area (Å²) in [6.07, 6.45) is 0.821. The fraction of sp³-hybridized carbons (Fsp3) is 0.357. The predicted molar refractivity (Wildman–Crippen MR) is 148 cm³/mol. The average Bonchev–Trinajstić information content (AvgIpc) is 3.61. The largest absolute Gasteiger partial charge is 0.487 e. The van der Waals surface area contributed by atoms with Gasteiger partial charge in [0.25, 0.3) is 5.91 Å². The van der Waals surface area contributed by atoms with Crippen molar-refractivity contribution >= 4 is 29.7 Å². The van der Waals surface area contributed by atoms with E-state index in [1.807, 2.05) is 30.3 Å². The molecular weight excluding hydrogens is 546 g/mol. The normalized spacial score (nSPS) is 19.6. The van der Waals surface area contributed by atoms with Gasteiger partial charge in [-0.2, -0.15) is 10.2 Å².